The molecule has 2 N–H and O–H groups in total. The van der Waals surface area contributed by atoms with E-state index >= 15 is 0 Å². The monoisotopic (exact) mass is 394 g/mol. The maximum atomic E-state index is 12.1. The second kappa shape index (κ2) is 8.59. The summed E-state index contributed by atoms with van der Waals surface area (Å²) >= 11 is 0. The van der Waals surface area contributed by atoms with Crippen LogP contribution in [0, 0.1) is 0 Å². The minimum absolute atomic E-state index is 0.0450. The van der Waals surface area contributed by atoms with Crippen molar-refractivity contribution in [2.75, 3.05) is 13.1 Å². The van der Waals surface area contributed by atoms with Crippen LogP contribution in [0.2, 0.25) is 0 Å². The highest BCUT2D eigenvalue weighted by atomic mass is 16.5. The van der Waals surface area contributed by atoms with Crippen LogP contribution in [0.1, 0.15) is 47.5 Å². The van der Waals surface area contributed by atoms with Crippen LogP contribution in [0.3, 0.4) is 0 Å². The molecule has 0 atom stereocenters. The second-order valence-corrected chi connectivity index (χ2v) is 7.35. The maximum absolute atomic E-state index is 12.1. The Morgan fingerprint density at radius 2 is 1.69 bits per heavy atom. The average Bonchev–Trinajstić information content (AvgIpc) is 3.21. The van der Waals surface area contributed by atoms with Gasteiger partial charge < -0.3 is 15.2 Å². The van der Waals surface area contributed by atoms with Crippen molar-refractivity contribution in [3.05, 3.63) is 60.0 Å². The summed E-state index contributed by atoms with van der Waals surface area (Å²) < 4.78 is 5.05. The molecule has 2 amide bonds. The van der Waals surface area contributed by atoms with Crippen LogP contribution in [0.25, 0.3) is 11.4 Å². The van der Waals surface area contributed by atoms with Crippen molar-refractivity contribution in [2.45, 2.75) is 26.2 Å². The molecule has 0 aliphatic rings. The SMILES string of the molecule is CC(C)(C)c1ccc(-c2noc(C(=O)NCCNC(=O)c3cnccn3)n2)cc1. The summed E-state index contributed by atoms with van der Waals surface area (Å²) in [6, 6.07) is 7.81. The molecule has 2 heterocycles. The summed E-state index contributed by atoms with van der Waals surface area (Å²) in [6.07, 6.45) is 4.27. The fraction of sp³-hybridized carbons (Fsp3) is 0.300. The molecular formula is C20H22N6O3. The summed E-state index contributed by atoms with van der Waals surface area (Å²) in [5, 5.41) is 9.11. The number of aromatic nitrogens is 4. The molecule has 0 aliphatic carbocycles. The van der Waals surface area contributed by atoms with Gasteiger partial charge in [-0.3, -0.25) is 14.6 Å². The molecule has 9 nitrogen and oxygen atoms in total. The third-order valence-corrected chi connectivity index (χ3v) is 4.12. The third kappa shape index (κ3) is 5.22. The number of carbonyl (C=O) groups is 2. The second-order valence-electron chi connectivity index (χ2n) is 7.35. The maximum Gasteiger partial charge on any atom is 0.316 e. The number of benzene rings is 1. The molecule has 3 aromatic rings. The molecule has 0 saturated carbocycles. The highest BCUT2D eigenvalue weighted by molar-refractivity contribution is 5.92. The van der Waals surface area contributed by atoms with Crippen LogP contribution in [-0.2, 0) is 5.41 Å². The van der Waals surface area contributed by atoms with Gasteiger partial charge in [0.2, 0.25) is 5.82 Å². The molecule has 0 radical (unpaired) electrons. The van der Waals surface area contributed by atoms with E-state index in [1.54, 1.807) is 0 Å². The van der Waals surface area contributed by atoms with Gasteiger partial charge in [-0.25, -0.2) is 4.98 Å². The Morgan fingerprint density at radius 3 is 2.31 bits per heavy atom. The molecule has 3 rings (SSSR count). The first kappa shape index (κ1) is 20.1. The highest BCUT2D eigenvalue weighted by Crippen LogP contribution is 2.24. The van der Waals surface area contributed by atoms with E-state index in [0.717, 1.165) is 5.56 Å². The first-order valence-corrected chi connectivity index (χ1v) is 9.11. The van der Waals surface area contributed by atoms with Crippen molar-refractivity contribution >= 4 is 11.8 Å². The van der Waals surface area contributed by atoms with Crippen LogP contribution in [0.4, 0.5) is 0 Å². The lowest BCUT2D eigenvalue weighted by atomic mass is 9.87. The van der Waals surface area contributed by atoms with Gasteiger partial charge in [-0.15, -0.1) is 0 Å². The lowest BCUT2D eigenvalue weighted by molar-refractivity contribution is 0.0897. The topological polar surface area (TPSA) is 123 Å². The normalized spacial score (nSPS) is 11.1. The van der Waals surface area contributed by atoms with Crippen molar-refractivity contribution in [2.24, 2.45) is 0 Å². The Hall–Kier alpha value is -3.62. The Morgan fingerprint density at radius 1 is 1.00 bits per heavy atom. The zero-order valence-corrected chi connectivity index (χ0v) is 16.5. The van der Waals surface area contributed by atoms with Gasteiger partial charge in [-0.2, -0.15) is 4.98 Å². The Balaban J connectivity index is 1.51. The zero-order valence-electron chi connectivity index (χ0n) is 16.5. The Labute approximate surface area is 168 Å². The standard InChI is InChI=1S/C20H22N6O3/c1-20(2,3)14-6-4-13(5-7-14)16-25-19(29-26-16)18(28)24-11-10-23-17(27)15-12-21-8-9-22-15/h4-9,12H,10-11H2,1-3H3,(H,23,27)(H,24,28). The van der Waals surface area contributed by atoms with E-state index in [4.69, 9.17) is 4.52 Å². The molecular weight excluding hydrogens is 372 g/mol. The van der Waals surface area contributed by atoms with Crippen molar-refractivity contribution in [3.8, 4) is 11.4 Å². The van der Waals surface area contributed by atoms with Gasteiger partial charge in [-0.1, -0.05) is 50.2 Å². The van der Waals surface area contributed by atoms with Crippen LogP contribution in [0.15, 0.2) is 47.4 Å². The minimum atomic E-state index is -0.510. The number of amides is 2. The fourth-order valence-electron chi connectivity index (χ4n) is 2.49. The Bertz CT molecular complexity index is 977. The predicted molar refractivity (Wildman–Crippen MR) is 105 cm³/mol. The quantitative estimate of drug-likeness (QED) is 0.613. The van der Waals surface area contributed by atoms with Gasteiger partial charge >= 0.3 is 11.8 Å². The van der Waals surface area contributed by atoms with Crippen molar-refractivity contribution in [1.82, 2.24) is 30.7 Å². The van der Waals surface area contributed by atoms with E-state index in [2.05, 4.69) is 51.5 Å². The van der Waals surface area contributed by atoms with Gasteiger partial charge in [-0.05, 0) is 11.0 Å². The van der Waals surface area contributed by atoms with Crippen molar-refractivity contribution in [3.63, 3.8) is 0 Å². The lowest BCUT2D eigenvalue weighted by Crippen LogP contribution is -2.35. The minimum Gasteiger partial charge on any atom is -0.349 e. The van der Waals surface area contributed by atoms with Gasteiger partial charge in [0.15, 0.2) is 0 Å². The smallest absolute Gasteiger partial charge is 0.316 e. The largest absolute Gasteiger partial charge is 0.349 e. The van der Waals surface area contributed by atoms with Crippen LogP contribution in [0.5, 0.6) is 0 Å². The number of hydrogen-bond donors (Lipinski definition) is 2. The molecule has 0 unspecified atom stereocenters. The molecule has 2 aromatic heterocycles. The van der Waals surface area contributed by atoms with Crippen molar-refractivity contribution in [1.29, 1.82) is 0 Å². The molecule has 0 bridgehead atoms. The molecule has 0 saturated heterocycles. The van der Waals surface area contributed by atoms with E-state index in [-0.39, 0.29) is 36.0 Å². The highest BCUT2D eigenvalue weighted by Gasteiger charge is 2.17. The predicted octanol–water partition coefficient (Wildman–Crippen LogP) is 1.98. The van der Waals surface area contributed by atoms with E-state index < -0.39 is 5.91 Å². The summed E-state index contributed by atoms with van der Waals surface area (Å²) in [7, 11) is 0. The first-order valence-electron chi connectivity index (χ1n) is 9.11. The van der Waals surface area contributed by atoms with Crippen LogP contribution >= 0.6 is 0 Å². The van der Waals surface area contributed by atoms with Gasteiger partial charge in [0.05, 0.1) is 6.20 Å². The molecule has 0 aliphatic heterocycles. The Kier molecular flexibility index (Phi) is 5.96. The number of hydrogen-bond acceptors (Lipinski definition) is 7. The molecule has 150 valence electrons. The third-order valence-electron chi connectivity index (χ3n) is 4.12. The molecule has 9 heteroatoms. The summed E-state index contributed by atoms with van der Waals surface area (Å²) in [5.41, 5.74) is 2.20. The fourth-order valence-corrected chi connectivity index (χ4v) is 2.49. The van der Waals surface area contributed by atoms with E-state index in [1.165, 1.54) is 24.2 Å². The van der Waals surface area contributed by atoms with Gasteiger partial charge in [0.25, 0.3) is 5.91 Å². The first-order chi connectivity index (χ1) is 13.8. The average molecular weight is 394 g/mol. The van der Waals surface area contributed by atoms with Gasteiger partial charge in [0.1, 0.15) is 5.69 Å². The summed E-state index contributed by atoms with van der Waals surface area (Å²) in [4.78, 5) is 35.8. The summed E-state index contributed by atoms with van der Waals surface area (Å²) in [6.45, 7) is 6.82. The molecule has 1 aromatic carbocycles. The molecule has 0 fully saturated rings. The zero-order chi connectivity index (χ0) is 20.9. The van der Waals surface area contributed by atoms with E-state index in [9.17, 15) is 9.59 Å². The van der Waals surface area contributed by atoms with E-state index in [0.29, 0.717) is 5.82 Å². The number of rotatable bonds is 6. The number of nitrogens with zero attached hydrogens (tertiary/aromatic N) is 4. The van der Waals surface area contributed by atoms with Crippen molar-refractivity contribution < 1.29 is 14.1 Å². The molecule has 0 spiro atoms. The van der Waals surface area contributed by atoms with Crippen LogP contribution < -0.4 is 10.6 Å². The number of nitrogens with one attached hydrogen (secondary N) is 2. The van der Waals surface area contributed by atoms with Crippen LogP contribution in [-0.4, -0.2) is 45.0 Å². The number of carbonyl (C=O) groups excluding carboxylic acids is 2. The van der Waals surface area contributed by atoms with Gasteiger partial charge in [0, 0.05) is 31.0 Å². The molecule has 29 heavy (non-hydrogen) atoms. The van der Waals surface area contributed by atoms with E-state index in [1.807, 2.05) is 24.3 Å². The lowest BCUT2D eigenvalue weighted by Gasteiger charge is -2.18. The summed E-state index contributed by atoms with van der Waals surface area (Å²) in [5.74, 6) is -0.679.